The first-order valence-electron chi connectivity index (χ1n) is 4.18. The van der Waals surface area contributed by atoms with Crippen LogP contribution >= 0.6 is 12.6 Å². The van der Waals surface area contributed by atoms with Gasteiger partial charge in [-0.3, -0.25) is 4.79 Å². The molecule has 0 saturated heterocycles. The van der Waals surface area contributed by atoms with Crippen LogP contribution in [0.15, 0.2) is 24.3 Å². The van der Waals surface area contributed by atoms with Crippen molar-refractivity contribution in [2.45, 2.75) is 0 Å². The molecule has 0 atom stereocenters. The topological polar surface area (TPSA) is 47.6 Å². The molecule has 0 aliphatic rings. The number of hydrogen-bond donors (Lipinski definition) is 2. The molecule has 0 aromatic heterocycles. The molecule has 0 radical (unpaired) electrons. The van der Waals surface area contributed by atoms with Gasteiger partial charge in [0.1, 0.15) is 5.75 Å². The van der Waals surface area contributed by atoms with Gasteiger partial charge in [0, 0.05) is 26.0 Å². The molecule has 5 heteroatoms. The summed E-state index contributed by atoms with van der Waals surface area (Å²) in [5, 5.41) is 2.14. The van der Waals surface area contributed by atoms with Crippen molar-refractivity contribution in [3.63, 3.8) is 0 Å². The highest BCUT2D eigenvalue weighted by molar-refractivity contribution is 7.96. The molecule has 0 heterocycles. The maximum Gasteiger partial charge on any atom is 0.280 e. The Kier molecular flexibility index (Phi) is 7.49. The van der Waals surface area contributed by atoms with Gasteiger partial charge in [-0.25, -0.2) is 0 Å². The van der Waals surface area contributed by atoms with Crippen molar-refractivity contribution in [1.29, 1.82) is 0 Å². The Bertz CT molecular complexity index is 304. The molecule has 1 aromatic rings. The molecule has 0 fully saturated rings. The number of carbonyl (C=O) groups is 1. The molecular weight excluding hydrogens is 214 g/mol. The molecule has 84 valence electrons. The second kappa shape index (κ2) is 8.14. The maximum absolute atomic E-state index is 10.5. The quantitative estimate of drug-likeness (QED) is 0.766. The van der Waals surface area contributed by atoms with Crippen LogP contribution in [0.1, 0.15) is 0 Å². The van der Waals surface area contributed by atoms with Gasteiger partial charge in [0.15, 0.2) is 0 Å². The lowest BCUT2D eigenvalue weighted by Crippen LogP contribution is -2.00. The minimum Gasteiger partial charge on any atom is -0.497 e. The number of thiol groups is 1. The summed E-state index contributed by atoms with van der Waals surface area (Å²) in [5.41, 5.74) is 0.675. The number of rotatable bonds is 2. The SMILES string of the molecule is COC.COc1cccc(NC(=O)S)c1. The third-order valence-electron chi connectivity index (χ3n) is 1.32. The zero-order valence-corrected chi connectivity index (χ0v) is 9.88. The van der Waals surface area contributed by atoms with Crippen LogP contribution in [0.5, 0.6) is 5.75 Å². The van der Waals surface area contributed by atoms with E-state index in [1.165, 1.54) is 0 Å². The number of hydrogen-bond acceptors (Lipinski definition) is 3. The van der Waals surface area contributed by atoms with Gasteiger partial charge >= 0.3 is 0 Å². The molecule has 0 bridgehead atoms. The molecule has 0 saturated carbocycles. The van der Waals surface area contributed by atoms with E-state index < -0.39 is 0 Å². The van der Waals surface area contributed by atoms with Crippen LogP contribution in [-0.2, 0) is 4.74 Å². The molecular formula is C10H15NO3S. The van der Waals surface area contributed by atoms with Crippen molar-refractivity contribution in [2.75, 3.05) is 26.6 Å². The molecule has 0 spiro atoms. The standard InChI is InChI=1S/C8H9NO2S.C2H6O/c1-11-7-4-2-3-6(5-7)9-8(10)12;1-3-2/h2-5H,1H3,(H2,9,10,12);1-2H3. The van der Waals surface area contributed by atoms with Crippen LogP contribution in [0.3, 0.4) is 0 Å². The Labute approximate surface area is 95.0 Å². The number of benzene rings is 1. The summed E-state index contributed by atoms with van der Waals surface area (Å²) in [6.07, 6.45) is 0. The lowest BCUT2D eigenvalue weighted by molar-refractivity contribution is 0.270. The lowest BCUT2D eigenvalue weighted by Gasteiger charge is -2.03. The van der Waals surface area contributed by atoms with Crippen LogP contribution in [0, 0.1) is 0 Å². The van der Waals surface area contributed by atoms with Gasteiger partial charge in [0.2, 0.25) is 0 Å². The first kappa shape index (κ1) is 13.8. The van der Waals surface area contributed by atoms with E-state index in [9.17, 15) is 4.79 Å². The van der Waals surface area contributed by atoms with Gasteiger partial charge in [-0.1, -0.05) is 18.7 Å². The van der Waals surface area contributed by atoms with Gasteiger partial charge < -0.3 is 14.8 Å². The number of ether oxygens (including phenoxy) is 2. The normalized spacial score (nSPS) is 8.53. The zero-order valence-electron chi connectivity index (χ0n) is 8.98. The molecule has 0 aliphatic heterocycles. The van der Waals surface area contributed by atoms with Crippen molar-refractivity contribution in [1.82, 2.24) is 0 Å². The van der Waals surface area contributed by atoms with E-state index >= 15 is 0 Å². The fraction of sp³-hybridized carbons (Fsp3) is 0.300. The summed E-state index contributed by atoms with van der Waals surface area (Å²) in [5.74, 6) is 0.703. The minimum absolute atomic E-state index is 0.386. The molecule has 1 N–H and O–H groups in total. The largest absolute Gasteiger partial charge is 0.497 e. The highest BCUT2D eigenvalue weighted by atomic mass is 32.1. The maximum atomic E-state index is 10.5. The van der Waals surface area contributed by atoms with Gasteiger partial charge in [-0.05, 0) is 12.1 Å². The van der Waals surface area contributed by atoms with Crippen LogP contribution in [0.4, 0.5) is 10.5 Å². The first-order valence-corrected chi connectivity index (χ1v) is 4.63. The Hall–Kier alpha value is -1.20. The summed E-state index contributed by atoms with van der Waals surface area (Å²) in [7, 11) is 4.82. The third kappa shape index (κ3) is 6.82. The molecule has 1 aromatic carbocycles. The summed E-state index contributed by atoms with van der Waals surface area (Å²) < 4.78 is 9.21. The number of nitrogens with one attached hydrogen (secondary N) is 1. The van der Waals surface area contributed by atoms with Gasteiger partial charge in [0.25, 0.3) is 5.24 Å². The van der Waals surface area contributed by atoms with E-state index in [1.54, 1.807) is 45.6 Å². The van der Waals surface area contributed by atoms with E-state index in [1.807, 2.05) is 0 Å². The molecule has 4 nitrogen and oxygen atoms in total. The van der Waals surface area contributed by atoms with Gasteiger partial charge in [0.05, 0.1) is 7.11 Å². The summed E-state index contributed by atoms with van der Waals surface area (Å²) in [6, 6.07) is 7.07. The average molecular weight is 229 g/mol. The summed E-state index contributed by atoms with van der Waals surface area (Å²) in [6.45, 7) is 0. The van der Waals surface area contributed by atoms with Gasteiger partial charge in [-0.2, -0.15) is 0 Å². The van der Waals surface area contributed by atoms with Gasteiger partial charge in [-0.15, -0.1) is 0 Å². The van der Waals surface area contributed by atoms with E-state index in [-0.39, 0.29) is 5.24 Å². The molecule has 1 amide bonds. The zero-order chi connectivity index (χ0) is 11.7. The molecule has 0 unspecified atom stereocenters. The molecule has 1 rings (SSSR count). The van der Waals surface area contributed by atoms with Crippen molar-refractivity contribution in [3.05, 3.63) is 24.3 Å². The lowest BCUT2D eigenvalue weighted by atomic mass is 10.3. The van der Waals surface area contributed by atoms with Crippen LogP contribution in [0.2, 0.25) is 0 Å². The monoisotopic (exact) mass is 229 g/mol. The fourth-order valence-electron chi connectivity index (χ4n) is 0.824. The smallest absolute Gasteiger partial charge is 0.280 e. The number of anilines is 1. The summed E-state index contributed by atoms with van der Waals surface area (Å²) >= 11 is 3.58. The van der Waals surface area contributed by atoms with Crippen molar-refractivity contribution >= 4 is 23.6 Å². The van der Waals surface area contributed by atoms with Crippen molar-refractivity contribution in [2.24, 2.45) is 0 Å². The van der Waals surface area contributed by atoms with E-state index in [0.717, 1.165) is 0 Å². The Morgan fingerprint density at radius 2 is 1.93 bits per heavy atom. The van der Waals surface area contributed by atoms with Crippen LogP contribution in [0.25, 0.3) is 0 Å². The van der Waals surface area contributed by atoms with Crippen molar-refractivity contribution < 1.29 is 14.3 Å². The predicted molar refractivity (Wildman–Crippen MR) is 63.9 cm³/mol. The highest BCUT2D eigenvalue weighted by Gasteiger charge is 1.96. The Morgan fingerprint density at radius 3 is 2.40 bits per heavy atom. The van der Waals surface area contributed by atoms with E-state index in [0.29, 0.717) is 11.4 Å². The predicted octanol–water partition coefficient (Wildman–Crippen LogP) is 2.42. The first-order chi connectivity index (χ1) is 7.13. The molecule has 0 aliphatic carbocycles. The average Bonchev–Trinajstić information content (AvgIpc) is 2.18. The third-order valence-corrected chi connectivity index (χ3v) is 1.43. The van der Waals surface area contributed by atoms with E-state index in [4.69, 9.17) is 4.74 Å². The van der Waals surface area contributed by atoms with E-state index in [2.05, 4.69) is 22.7 Å². The second-order valence-electron chi connectivity index (χ2n) is 2.57. The number of methoxy groups -OCH3 is 2. The van der Waals surface area contributed by atoms with Crippen LogP contribution in [-0.4, -0.2) is 26.6 Å². The minimum atomic E-state index is -0.386. The van der Waals surface area contributed by atoms with Crippen LogP contribution < -0.4 is 10.1 Å². The number of carbonyl (C=O) groups excluding carboxylic acids is 1. The Balaban J connectivity index is 0.000000583. The number of amides is 1. The summed E-state index contributed by atoms with van der Waals surface area (Å²) in [4.78, 5) is 10.5. The van der Waals surface area contributed by atoms with Crippen molar-refractivity contribution in [3.8, 4) is 5.75 Å². The highest BCUT2D eigenvalue weighted by Crippen LogP contribution is 2.16. The second-order valence-corrected chi connectivity index (χ2v) is 2.98. The Morgan fingerprint density at radius 1 is 1.33 bits per heavy atom. The molecule has 15 heavy (non-hydrogen) atoms. The fourth-order valence-corrected chi connectivity index (χ4v) is 0.953.